The summed E-state index contributed by atoms with van der Waals surface area (Å²) in [5.41, 5.74) is 1.78. The standard InChI is InChI=1S/C18H21N3O2/c1-14(16-8-4-3-5-9-16)20-18(23)13-21(15(2)22)12-17-10-6-7-11-19-17/h3-11,14H,12-13H2,1-2H3,(H,20,23). The van der Waals surface area contributed by atoms with Gasteiger partial charge in [0.1, 0.15) is 0 Å². The number of nitrogens with zero attached hydrogens (tertiary/aromatic N) is 2. The molecule has 1 aromatic heterocycles. The van der Waals surface area contributed by atoms with E-state index in [4.69, 9.17) is 0 Å². The van der Waals surface area contributed by atoms with E-state index in [1.165, 1.54) is 11.8 Å². The Morgan fingerprint density at radius 2 is 1.83 bits per heavy atom. The minimum atomic E-state index is -0.188. The van der Waals surface area contributed by atoms with Crippen LogP contribution in [0.5, 0.6) is 0 Å². The van der Waals surface area contributed by atoms with E-state index in [2.05, 4.69) is 10.3 Å². The molecule has 120 valence electrons. The minimum Gasteiger partial charge on any atom is -0.348 e. The molecule has 1 unspecified atom stereocenters. The first-order valence-electron chi connectivity index (χ1n) is 7.56. The zero-order valence-corrected chi connectivity index (χ0v) is 13.4. The lowest BCUT2D eigenvalue weighted by molar-refractivity contribution is -0.135. The largest absolute Gasteiger partial charge is 0.348 e. The smallest absolute Gasteiger partial charge is 0.240 e. The van der Waals surface area contributed by atoms with Crippen molar-refractivity contribution in [3.63, 3.8) is 0 Å². The Bertz CT molecular complexity index is 644. The first kappa shape index (κ1) is 16.7. The van der Waals surface area contributed by atoms with Crippen LogP contribution in [0, 0.1) is 0 Å². The number of amides is 2. The van der Waals surface area contributed by atoms with Gasteiger partial charge in [0.2, 0.25) is 11.8 Å². The van der Waals surface area contributed by atoms with Gasteiger partial charge < -0.3 is 10.2 Å². The highest BCUT2D eigenvalue weighted by atomic mass is 16.2. The second kappa shape index (κ2) is 8.08. The molecule has 2 rings (SSSR count). The monoisotopic (exact) mass is 311 g/mol. The SMILES string of the molecule is CC(=O)N(CC(=O)NC(C)c1ccccc1)Cc1ccccn1. The minimum absolute atomic E-state index is 0.0169. The molecule has 0 saturated heterocycles. The summed E-state index contributed by atoms with van der Waals surface area (Å²) in [5.74, 6) is -0.342. The number of rotatable bonds is 6. The van der Waals surface area contributed by atoms with E-state index in [0.29, 0.717) is 6.54 Å². The summed E-state index contributed by atoms with van der Waals surface area (Å²) in [6, 6.07) is 15.1. The van der Waals surface area contributed by atoms with Crippen molar-refractivity contribution in [1.29, 1.82) is 0 Å². The lowest BCUT2D eigenvalue weighted by Crippen LogP contribution is -2.40. The van der Waals surface area contributed by atoms with Gasteiger partial charge in [0.15, 0.2) is 0 Å². The molecule has 0 saturated carbocycles. The molecule has 2 aromatic rings. The van der Waals surface area contributed by atoms with Crippen LogP contribution in [0.15, 0.2) is 54.7 Å². The molecule has 1 atom stereocenters. The van der Waals surface area contributed by atoms with Crippen molar-refractivity contribution in [2.75, 3.05) is 6.54 Å². The van der Waals surface area contributed by atoms with Crippen LogP contribution in [0.4, 0.5) is 0 Å². The maximum atomic E-state index is 12.2. The van der Waals surface area contributed by atoms with Gasteiger partial charge in [0.25, 0.3) is 0 Å². The van der Waals surface area contributed by atoms with E-state index in [1.54, 1.807) is 6.20 Å². The van der Waals surface area contributed by atoms with E-state index in [0.717, 1.165) is 11.3 Å². The summed E-state index contributed by atoms with van der Waals surface area (Å²) in [6.45, 7) is 3.72. The van der Waals surface area contributed by atoms with Gasteiger partial charge >= 0.3 is 0 Å². The van der Waals surface area contributed by atoms with Crippen LogP contribution < -0.4 is 5.32 Å². The van der Waals surface area contributed by atoms with E-state index >= 15 is 0 Å². The first-order chi connectivity index (χ1) is 11.1. The maximum Gasteiger partial charge on any atom is 0.240 e. The van der Waals surface area contributed by atoms with Crippen molar-refractivity contribution in [3.05, 3.63) is 66.0 Å². The molecule has 5 nitrogen and oxygen atoms in total. The predicted octanol–water partition coefficient (Wildman–Crippen LogP) is 2.31. The Morgan fingerprint density at radius 3 is 2.43 bits per heavy atom. The van der Waals surface area contributed by atoms with Gasteiger partial charge in [-0.25, -0.2) is 0 Å². The van der Waals surface area contributed by atoms with Crippen molar-refractivity contribution in [2.24, 2.45) is 0 Å². The Hall–Kier alpha value is -2.69. The molecule has 23 heavy (non-hydrogen) atoms. The van der Waals surface area contributed by atoms with Crippen molar-refractivity contribution in [2.45, 2.75) is 26.4 Å². The van der Waals surface area contributed by atoms with Crippen molar-refractivity contribution in [1.82, 2.24) is 15.2 Å². The third-order valence-electron chi connectivity index (χ3n) is 3.54. The zero-order valence-electron chi connectivity index (χ0n) is 13.4. The van der Waals surface area contributed by atoms with Crippen molar-refractivity contribution >= 4 is 11.8 Å². The number of hydrogen-bond donors (Lipinski definition) is 1. The normalized spacial score (nSPS) is 11.6. The zero-order chi connectivity index (χ0) is 16.7. The molecular formula is C18H21N3O2. The van der Waals surface area contributed by atoms with E-state index < -0.39 is 0 Å². The number of benzene rings is 1. The fraction of sp³-hybridized carbons (Fsp3) is 0.278. The van der Waals surface area contributed by atoms with E-state index in [-0.39, 0.29) is 24.4 Å². The van der Waals surface area contributed by atoms with E-state index in [9.17, 15) is 9.59 Å². The van der Waals surface area contributed by atoms with Gasteiger partial charge in [-0.2, -0.15) is 0 Å². The van der Waals surface area contributed by atoms with Gasteiger partial charge in [-0.1, -0.05) is 36.4 Å². The number of hydrogen-bond acceptors (Lipinski definition) is 3. The molecule has 1 aromatic carbocycles. The summed E-state index contributed by atoms with van der Waals surface area (Å²) < 4.78 is 0. The highest BCUT2D eigenvalue weighted by Crippen LogP contribution is 2.11. The van der Waals surface area contributed by atoms with Gasteiger partial charge in [-0.3, -0.25) is 14.6 Å². The number of pyridine rings is 1. The molecule has 2 amide bonds. The van der Waals surface area contributed by atoms with Crippen molar-refractivity contribution < 1.29 is 9.59 Å². The molecule has 0 aliphatic rings. The molecule has 0 fully saturated rings. The average molecular weight is 311 g/mol. The third kappa shape index (κ3) is 5.21. The van der Waals surface area contributed by atoms with E-state index in [1.807, 2.05) is 55.5 Å². The number of carbonyl (C=O) groups is 2. The Kier molecular flexibility index (Phi) is 5.86. The second-order valence-electron chi connectivity index (χ2n) is 5.40. The number of aromatic nitrogens is 1. The van der Waals surface area contributed by atoms with Gasteiger partial charge in [0.05, 0.1) is 24.8 Å². The molecule has 0 spiro atoms. The molecular weight excluding hydrogens is 290 g/mol. The summed E-state index contributed by atoms with van der Waals surface area (Å²) in [5, 5.41) is 2.91. The van der Waals surface area contributed by atoms with Crippen LogP contribution in [-0.2, 0) is 16.1 Å². The predicted molar refractivity (Wildman–Crippen MR) is 88.3 cm³/mol. The molecule has 1 heterocycles. The van der Waals surface area contributed by atoms with Crippen LogP contribution in [0.25, 0.3) is 0 Å². The lowest BCUT2D eigenvalue weighted by Gasteiger charge is -2.22. The Labute approximate surface area is 136 Å². The first-order valence-corrected chi connectivity index (χ1v) is 7.56. The fourth-order valence-corrected chi connectivity index (χ4v) is 2.25. The number of carbonyl (C=O) groups excluding carboxylic acids is 2. The molecule has 0 bridgehead atoms. The van der Waals surface area contributed by atoms with Crippen LogP contribution in [-0.4, -0.2) is 28.2 Å². The van der Waals surface area contributed by atoms with Gasteiger partial charge in [-0.15, -0.1) is 0 Å². The van der Waals surface area contributed by atoms with Crippen molar-refractivity contribution in [3.8, 4) is 0 Å². The second-order valence-corrected chi connectivity index (χ2v) is 5.40. The highest BCUT2D eigenvalue weighted by molar-refractivity contribution is 5.84. The molecule has 1 N–H and O–H groups in total. The van der Waals surface area contributed by atoms with Crippen LogP contribution in [0.1, 0.15) is 31.1 Å². The molecule has 5 heteroatoms. The quantitative estimate of drug-likeness (QED) is 0.890. The fourth-order valence-electron chi connectivity index (χ4n) is 2.25. The maximum absolute atomic E-state index is 12.2. The van der Waals surface area contributed by atoms with Gasteiger partial charge in [-0.05, 0) is 24.6 Å². The highest BCUT2D eigenvalue weighted by Gasteiger charge is 2.16. The van der Waals surface area contributed by atoms with Crippen LogP contribution in [0.2, 0.25) is 0 Å². The summed E-state index contributed by atoms with van der Waals surface area (Å²) in [4.78, 5) is 29.6. The Balaban J connectivity index is 1.94. The van der Waals surface area contributed by atoms with Crippen LogP contribution in [0.3, 0.4) is 0 Å². The van der Waals surface area contributed by atoms with Gasteiger partial charge in [0, 0.05) is 13.1 Å². The summed E-state index contributed by atoms with van der Waals surface area (Å²) in [7, 11) is 0. The van der Waals surface area contributed by atoms with Crippen LogP contribution >= 0.6 is 0 Å². The topological polar surface area (TPSA) is 62.3 Å². The lowest BCUT2D eigenvalue weighted by atomic mass is 10.1. The summed E-state index contributed by atoms with van der Waals surface area (Å²) >= 11 is 0. The number of nitrogens with one attached hydrogen (secondary N) is 1. The Morgan fingerprint density at radius 1 is 1.13 bits per heavy atom. The molecule has 0 aliphatic carbocycles. The summed E-state index contributed by atoms with van der Waals surface area (Å²) in [6.07, 6.45) is 1.67. The molecule has 0 aliphatic heterocycles. The average Bonchev–Trinajstić information content (AvgIpc) is 2.56. The molecule has 0 radical (unpaired) electrons. The third-order valence-corrected chi connectivity index (χ3v) is 3.54.